The monoisotopic (exact) mass is 340 g/mol. The molecule has 1 atom stereocenters. The standard InChI is InChI=1S/C21H28N2O2/c1-4-20(15-24)23(14-19-7-5-6-12-22-19)21(25)11-10-18-9-8-16(2)17(3)13-18/h5-9,12-13,20,24H,4,10-11,14-15H2,1-3H3/t20-/m0/s1. The van der Waals surface area contributed by atoms with Crippen LogP contribution in [0.2, 0.25) is 0 Å². The molecule has 0 bridgehead atoms. The summed E-state index contributed by atoms with van der Waals surface area (Å²) in [5.41, 5.74) is 4.52. The fraction of sp³-hybridized carbons (Fsp3) is 0.429. The molecule has 1 N–H and O–H groups in total. The first-order valence-electron chi connectivity index (χ1n) is 8.91. The maximum atomic E-state index is 12.8. The minimum Gasteiger partial charge on any atom is -0.394 e. The molecule has 0 aliphatic carbocycles. The molecule has 1 amide bonds. The molecule has 1 aromatic heterocycles. The second-order valence-electron chi connectivity index (χ2n) is 6.51. The van der Waals surface area contributed by atoms with Crippen LogP contribution >= 0.6 is 0 Å². The molecule has 2 rings (SSSR count). The van der Waals surface area contributed by atoms with Gasteiger partial charge in [0.2, 0.25) is 5.91 Å². The van der Waals surface area contributed by atoms with Crippen LogP contribution in [0.25, 0.3) is 0 Å². The smallest absolute Gasteiger partial charge is 0.223 e. The summed E-state index contributed by atoms with van der Waals surface area (Å²) in [7, 11) is 0. The van der Waals surface area contributed by atoms with E-state index in [0.29, 0.717) is 19.4 Å². The Hall–Kier alpha value is -2.20. The number of amides is 1. The van der Waals surface area contributed by atoms with E-state index in [1.54, 1.807) is 11.1 Å². The molecule has 4 nitrogen and oxygen atoms in total. The summed E-state index contributed by atoms with van der Waals surface area (Å²) in [4.78, 5) is 18.9. The number of aliphatic hydroxyl groups is 1. The lowest BCUT2D eigenvalue weighted by Gasteiger charge is -2.30. The number of aryl methyl sites for hydroxylation is 3. The highest BCUT2D eigenvalue weighted by Crippen LogP contribution is 2.15. The molecule has 1 heterocycles. The predicted molar refractivity (Wildman–Crippen MR) is 100 cm³/mol. The highest BCUT2D eigenvalue weighted by Gasteiger charge is 2.22. The van der Waals surface area contributed by atoms with Gasteiger partial charge in [-0.1, -0.05) is 31.2 Å². The normalized spacial score (nSPS) is 12.0. The third kappa shape index (κ3) is 5.40. The van der Waals surface area contributed by atoms with E-state index < -0.39 is 0 Å². The molecule has 0 radical (unpaired) electrons. The van der Waals surface area contributed by atoms with Gasteiger partial charge >= 0.3 is 0 Å². The number of aliphatic hydroxyl groups excluding tert-OH is 1. The summed E-state index contributed by atoms with van der Waals surface area (Å²) in [6.45, 7) is 6.58. The van der Waals surface area contributed by atoms with Gasteiger partial charge in [-0.2, -0.15) is 0 Å². The zero-order valence-corrected chi connectivity index (χ0v) is 15.4. The molecule has 25 heavy (non-hydrogen) atoms. The molecule has 0 aliphatic rings. The Morgan fingerprint density at radius 2 is 2.00 bits per heavy atom. The molecular formula is C21H28N2O2. The minimum atomic E-state index is -0.172. The second-order valence-corrected chi connectivity index (χ2v) is 6.51. The molecule has 134 valence electrons. The lowest BCUT2D eigenvalue weighted by atomic mass is 10.0. The predicted octanol–water partition coefficient (Wildman–Crippen LogP) is 3.43. The number of aromatic nitrogens is 1. The quantitative estimate of drug-likeness (QED) is 0.801. The molecule has 4 heteroatoms. The van der Waals surface area contributed by atoms with Gasteiger partial charge in [-0.15, -0.1) is 0 Å². The Bertz CT molecular complexity index is 682. The van der Waals surface area contributed by atoms with Gasteiger partial charge in [0.25, 0.3) is 0 Å². The number of carbonyl (C=O) groups excluding carboxylic acids is 1. The summed E-state index contributed by atoms with van der Waals surface area (Å²) >= 11 is 0. The van der Waals surface area contributed by atoms with Crippen LogP contribution in [0.3, 0.4) is 0 Å². The summed E-state index contributed by atoms with van der Waals surface area (Å²) < 4.78 is 0. The van der Waals surface area contributed by atoms with Gasteiger partial charge in [0.15, 0.2) is 0 Å². The first-order valence-corrected chi connectivity index (χ1v) is 8.91. The van der Waals surface area contributed by atoms with E-state index >= 15 is 0 Å². The van der Waals surface area contributed by atoms with E-state index in [0.717, 1.165) is 12.1 Å². The number of hydrogen-bond donors (Lipinski definition) is 1. The fourth-order valence-electron chi connectivity index (χ4n) is 2.89. The number of pyridine rings is 1. The van der Waals surface area contributed by atoms with Crippen LogP contribution in [0.1, 0.15) is 42.1 Å². The Morgan fingerprint density at radius 3 is 2.60 bits per heavy atom. The average molecular weight is 340 g/mol. The molecular weight excluding hydrogens is 312 g/mol. The SMILES string of the molecule is CC[C@@H](CO)N(Cc1ccccn1)C(=O)CCc1ccc(C)c(C)c1. The van der Waals surface area contributed by atoms with Crippen LogP contribution in [0.5, 0.6) is 0 Å². The maximum Gasteiger partial charge on any atom is 0.223 e. The van der Waals surface area contributed by atoms with Crippen molar-refractivity contribution in [3.8, 4) is 0 Å². The number of nitrogens with zero attached hydrogens (tertiary/aromatic N) is 2. The van der Waals surface area contributed by atoms with E-state index in [-0.39, 0.29) is 18.6 Å². The Labute approximate surface area is 150 Å². The third-order valence-corrected chi connectivity index (χ3v) is 4.70. The molecule has 0 saturated carbocycles. The first kappa shape index (κ1) is 19.1. The average Bonchev–Trinajstić information content (AvgIpc) is 2.63. The number of rotatable bonds is 8. The van der Waals surface area contributed by atoms with Crippen molar-refractivity contribution < 1.29 is 9.90 Å². The van der Waals surface area contributed by atoms with Crippen molar-refractivity contribution in [2.45, 2.75) is 52.6 Å². The van der Waals surface area contributed by atoms with E-state index in [1.807, 2.05) is 25.1 Å². The summed E-state index contributed by atoms with van der Waals surface area (Å²) in [5.74, 6) is 0.0600. The topological polar surface area (TPSA) is 53.4 Å². The second kappa shape index (κ2) is 9.33. The van der Waals surface area contributed by atoms with E-state index in [1.165, 1.54) is 16.7 Å². The van der Waals surface area contributed by atoms with Gasteiger partial charge in [0.05, 0.1) is 24.9 Å². The Morgan fingerprint density at radius 1 is 1.20 bits per heavy atom. The van der Waals surface area contributed by atoms with Crippen LogP contribution in [0.4, 0.5) is 0 Å². The van der Waals surface area contributed by atoms with Gasteiger partial charge in [0.1, 0.15) is 0 Å². The van der Waals surface area contributed by atoms with Gasteiger partial charge in [-0.25, -0.2) is 0 Å². The van der Waals surface area contributed by atoms with Crippen molar-refractivity contribution in [3.05, 3.63) is 65.0 Å². The van der Waals surface area contributed by atoms with Crippen molar-refractivity contribution in [1.82, 2.24) is 9.88 Å². The number of carbonyl (C=O) groups is 1. The largest absolute Gasteiger partial charge is 0.394 e. The van der Waals surface area contributed by atoms with Crippen molar-refractivity contribution in [2.75, 3.05) is 6.61 Å². The van der Waals surface area contributed by atoms with Crippen LogP contribution in [0, 0.1) is 13.8 Å². The van der Waals surface area contributed by atoms with E-state index in [2.05, 4.69) is 37.0 Å². The van der Waals surface area contributed by atoms with Crippen LogP contribution in [-0.4, -0.2) is 33.5 Å². The fourth-order valence-corrected chi connectivity index (χ4v) is 2.89. The lowest BCUT2D eigenvalue weighted by Crippen LogP contribution is -2.42. The van der Waals surface area contributed by atoms with Gasteiger partial charge in [-0.05, 0) is 55.5 Å². The van der Waals surface area contributed by atoms with Crippen molar-refractivity contribution in [1.29, 1.82) is 0 Å². The lowest BCUT2D eigenvalue weighted by molar-refractivity contribution is -0.135. The van der Waals surface area contributed by atoms with E-state index in [4.69, 9.17) is 0 Å². The molecule has 0 saturated heterocycles. The highest BCUT2D eigenvalue weighted by atomic mass is 16.3. The van der Waals surface area contributed by atoms with Crippen LogP contribution in [-0.2, 0) is 17.8 Å². The Kier molecular flexibility index (Phi) is 7.14. The van der Waals surface area contributed by atoms with Crippen molar-refractivity contribution in [3.63, 3.8) is 0 Å². The van der Waals surface area contributed by atoms with Gasteiger partial charge in [-0.3, -0.25) is 9.78 Å². The summed E-state index contributed by atoms with van der Waals surface area (Å²) in [6, 6.07) is 11.8. The zero-order chi connectivity index (χ0) is 18.2. The maximum absolute atomic E-state index is 12.8. The van der Waals surface area contributed by atoms with Crippen LogP contribution < -0.4 is 0 Å². The molecule has 0 fully saturated rings. The number of hydrogen-bond acceptors (Lipinski definition) is 3. The molecule has 0 unspecified atom stereocenters. The minimum absolute atomic E-state index is 0.0291. The van der Waals surface area contributed by atoms with E-state index in [9.17, 15) is 9.90 Å². The van der Waals surface area contributed by atoms with Crippen LogP contribution in [0.15, 0.2) is 42.6 Å². The zero-order valence-electron chi connectivity index (χ0n) is 15.4. The molecule has 0 aliphatic heterocycles. The van der Waals surface area contributed by atoms with Gasteiger partial charge in [0, 0.05) is 12.6 Å². The highest BCUT2D eigenvalue weighted by molar-refractivity contribution is 5.76. The third-order valence-electron chi connectivity index (χ3n) is 4.70. The molecule has 2 aromatic rings. The molecule has 0 spiro atoms. The van der Waals surface area contributed by atoms with Crippen molar-refractivity contribution in [2.24, 2.45) is 0 Å². The molecule has 1 aromatic carbocycles. The number of benzene rings is 1. The van der Waals surface area contributed by atoms with Crippen molar-refractivity contribution >= 4 is 5.91 Å². The summed E-state index contributed by atoms with van der Waals surface area (Å²) in [5, 5.41) is 9.66. The first-order chi connectivity index (χ1) is 12.0. The Balaban J connectivity index is 2.07. The van der Waals surface area contributed by atoms with Gasteiger partial charge < -0.3 is 10.0 Å². The summed E-state index contributed by atoms with van der Waals surface area (Å²) in [6.07, 6.45) is 3.60.